The fourth-order valence-corrected chi connectivity index (χ4v) is 2.14. The number of aliphatic hydroxyl groups is 1. The van der Waals surface area contributed by atoms with Crippen LogP contribution in [-0.4, -0.2) is 18.2 Å². The molecule has 3 nitrogen and oxygen atoms in total. The van der Waals surface area contributed by atoms with Crippen molar-refractivity contribution in [1.29, 1.82) is 5.26 Å². The van der Waals surface area contributed by atoms with Crippen LogP contribution in [0.2, 0.25) is 0 Å². The average molecular weight is 266 g/mol. The molecule has 0 amide bonds. The molecule has 0 saturated carbocycles. The summed E-state index contributed by atoms with van der Waals surface area (Å²) in [5, 5.41) is 19.1. The third-order valence-corrected chi connectivity index (χ3v) is 3.19. The van der Waals surface area contributed by atoms with Gasteiger partial charge in [0.1, 0.15) is 0 Å². The summed E-state index contributed by atoms with van der Waals surface area (Å²) in [6.07, 6.45) is -0.119. The first kappa shape index (κ1) is 14.1. The lowest BCUT2D eigenvalue weighted by Gasteiger charge is -2.26. The van der Waals surface area contributed by atoms with Crippen molar-refractivity contribution in [2.45, 2.75) is 12.5 Å². The fourth-order valence-electron chi connectivity index (χ4n) is 2.14. The number of benzene rings is 2. The minimum absolute atomic E-state index is 0.441. The molecule has 2 rings (SSSR count). The smallest absolute Gasteiger partial charge is 0.0964 e. The Morgan fingerprint density at radius 2 is 1.60 bits per heavy atom. The van der Waals surface area contributed by atoms with Crippen LogP contribution in [0.3, 0.4) is 0 Å². The highest BCUT2D eigenvalue weighted by atomic mass is 16.3. The number of aliphatic hydroxyl groups excluding tert-OH is 1. The molecular formula is C17H18N2O. The van der Waals surface area contributed by atoms with Crippen LogP contribution >= 0.6 is 0 Å². The largest absolute Gasteiger partial charge is 0.387 e. The van der Waals surface area contributed by atoms with Gasteiger partial charge in [0, 0.05) is 18.8 Å². The van der Waals surface area contributed by atoms with E-state index in [0.29, 0.717) is 19.5 Å². The standard InChI is InChI=1S/C17H18N2O/c18-12-7-13-19(16-10-5-2-6-11-16)14-17(20)15-8-3-1-4-9-15/h1-6,8-11,17,20H,7,13-14H2. The van der Waals surface area contributed by atoms with E-state index < -0.39 is 6.10 Å². The molecule has 0 fully saturated rings. The number of hydrogen-bond donors (Lipinski definition) is 1. The maximum absolute atomic E-state index is 10.3. The van der Waals surface area contributed by atoms with Gasteiger partial charge < -0.3 is 10.0 Å². The fraction of sp³-hybridized carbons (Fsp3) is 0.235. The van der Waals surface area contributed by atoms with E-state index >= 15 is 0 Å². The van der Waals surface area contributed by atoms with E-state index in [0.717, 1.165) is 11.3 Å². The number of nitrogens with zero attached hydrogens (tertiary/aromatic N) is 2. The van der Waals surface area contributed by atoms with Gasteiger partial charge in [-0.2, -0.15) is 5.26 Å². The first-order valence-corrected chi connectivity index (χ1v) is 6.71. The minimum Gasteiger partial charge on any atom is -0.387 e. The summed E-state index contributed by atoms with van der Waals surface area (Å²) in [5.41, 5.74) is 1.92. The van der Waals surface area contributed by atoms with Crippen molar-refractivity contribution in [3.05, 3.63) is 66.2 Å². The van der Waals surface area contributed by atoms with Crippen molar-refractivity contribution in [2.24, 2.45) is 0 Å². The molecule has 0 aromatic heterocycles. The molecule has 1 unspecified atom stereocenters. The highest BCUT2D eigenvalue weighted by Gasteiger charge is 2.13. The SMILES string of the molecule is N#CCCN(CC(O)c1ccccc1)c1ccccc1. The van der Waals surface area contributed by atoms with Gasteiger partial charge in [-0.1, -0.05) is 48.5 Å². The zero-order valence-corrected chi connectivity index (χ0v) is 11.3. The predicted octanol–water partition coefficient (Wildman–Crippen LogP) is 3.14. The quantitative estimate of drug-likeness (QED) is 0.873. The molecule has 0 bridgehead atoms. The lowest BCUT2D eigenvalue weighted by molar-refractivity contribution is 0.183. The molecule has 0 aliphatic carbocycles. The number of para-hydroxylation sites is 1. The molecule has 20 heavy (non-hydrogen) atoms. The zero-order chi connectivity index (χ0) is 14.2. The van der Waals surface area contributed by atoms with Crippen LogP contribution in [0.5, 0.6) is 0 Å². The van der Waals surface area contributed by atoms with Gasteiger partial charge in [-0.25, -0.2) is 0 Å². The van der Waals surface area contributed by atoms with Crippen LogP contribution in [0, 0.1) is 11.3 Å². The molecule has 102 valence electrons. The van der Waals surface area contributed by atoms with Crippen molar-refractivity contribution in [3.8, 4) is 6.07 Å². The maximum atomic E-state index is 10.3. The molecule has 3 heteroatoms. The van der Waals surface area contributed by atoms with Crippen LogP contribution in [0.25, 0.3) is 0 Å². The first-order valence-electron chi connectivity index (χ1n) is 6.71. The third kappa shape index (κ3) is 3.84. The van der Waals surface area contributed by atoms with E-state index in [1.807, 2.05) is 65.6 Å². The van der Waals surface area contributed by atoms with Crippen molar-refractivity contribution >= 4 is 5.69 Å². The van der Waals surface area contributed by atoms with Gasteiger partial charge in [-0.05, 0) is 17.7 Å². The number of hydrogen-bond acceptors (Lipinski definition) is 3. The van der Waals surface area contributed by atoms with Crippen LogP contribution in [0.4, 0.5) is 5.69 Å². The zero-order valence-electron chi connectivity index (χ0n) is 11.3. The van der Waals surface area contributed by atoms with E-state index in [2.05, 4.69) is 6.07 Å². The molecule has 2 aromatic rings. The second kappa shape index (κ2) is 7.32. The summed E-state index contributed by atoms with van der Waals surface area (Å²) >= 11 is 0. The topological polar surface area (TPSA) is 47.3 Å². The molecule has 0 heterocycles. The molecule has 2 aromatic carbocycles. The van der Waals surface area contributed by atoms with Crippen molar-refractivity contribution < 1.29 is 5.11 Å². The summed E-state index contributed by atoms with van der Waals surface area (Å²) in [4.78, 5) is 2.04. The lowest BCUT2D eigenvalue weighted by atomic mass is 10.1. The van der Waals surface area contributed by atoms with Gasteiger partial charge in [0.05, 0.1) is 18.6 Å². The molecule has 0 aliphatic heterocycles. The molecular weight excluding hydrogens is 248 g/mol. The molecule has 0 aliphatic rings. The van der Waals surface area contributed by atoms with Crippen LogP contribution < -0.4 is 4.90 Å². The maximum Gasteiger partial charge on any atom is 0.0964 e. The Morgan fingerprint density at radius 1 is 1.00 bits per heavy atom. The Balaban J connectivity index is 2.10. The number of anilines is 1. The van der Waals surface area contributed by atoms with Gasteiger partial charge in [-0.15, -0.1) is 0 Å². The van der Waals surface area contributed by atoms with E-state index in [9.17, 15) is 5.11 Å². The van der Waals surface area contributed by atoms with Gasteiger partial charge in [0.15, 0.2) is 0 Å². The third-order valence-electron chi connectivity index (χ3n) is 3.19. The predicted molar refractivity (Wildman–Crippen MR) is 80.3 cm³/mol. The summed E-state index contributed by atoms with van der Waals surface area (Å²) in [6.45, 7) is 1.10. The number of nitriles is 1. The van der Waals surface area contributed by atoms with E-state index in [1.54, 1.807) is 0 Å². The Kier molecular flexibility index (Phi) is 5.16. The minimum atomic E-state index is -0.560. The van der Waals surface area contributed by atoms with Crippen molar-refractivity contribution in [1.82, 2.24) is 0 Å². The first-order chi connectivity index (χ1) is 9.81. The Labute approximate surface area is 119 Å². The van der Waals surface area contributed by atoms with Crippen LogP contribution in [0.15, 0.2) is 60.7 Å². The second-order valence-corrected chi connectivity index (χ2v) is 4.62. The summed E-state index contributed by atoms with van der Waals surface area (Å²) in [7, 11) is 0. The monoisotopic (exact) mass is 266 g/mol. The Bertz CT molecular complexity index is 548. The highest BCUT2D eigenvalue weighted by Crippen LogP contribution is 2.19. The van der Waals surface area contributed by atoms with Gasteiger partial charge in [0.25, 0.3) is 0 Å². The molecule has 1 N–H and O–H groups in total. The summed E-state index contributed by atoms with van der Waals surface area (Å²) in [6, 6.07) is 21.6. The Morgan fingerprint density at radius 3 is 2.20 bits per heavy atom. The Hall–Kier alpha value is -2.31. The molecule has 0 radical (unpaired) electrons. The van der Waals surface area contributed by atoms with Crippen LogP contribution in [-0.2, 0) is 0 Å². The van der Waals surface area contributed by atoms with Gasteiger partial charge in [0.2, 0.25) is 0 Å². The summed E-state index contributed by atoms with van der Waals surface area (Å²) < 4.78 is 0. The molecule has 0 spiro atoms. The van der Waals surface area contributed by atoms with Gasteiger partial charge in [-0.3, -0.25) is 0 Å². The van der Waals surface area contributed by atoms with Crippen molar-refractivity contribution in [3.63, 3.8) is 0 Å². The summed E-state index contributed by atoms with van der Waals surface area (Å²) in [5.74, 6) is 0. The van der Waals surface area contributed by atoms with Gasteiger partial charge >= 0.3 is 0 Å². The normalized spacial score (nSPS) is 11.6. The van der Waals surface area contributed by atoms with E-state index in [4.69, 9.17) is 5.26 Å². The van der Waals surface area contributed by atoms with E-state index in [1.165, 1.54) is 0 Å². The number of rotatable bonds is 6. The molecule has 0 saturated heterocycles. The van der Waals surface area contributed by atoms with Crippen LogP contribution in [0.1, 0.15) is 18.1 Å². The van der Waals surface area contributed by atoms with Crippen molar-refractivity contribution in [2.75, 3.05) is 18.0 Å². The lowest BCUT2D eigenvalue weighted by Crippen LogP contribution is -2.29. The van der Waals surface area contributed by atoms with E-state index in [-0.39, 0.29) is 0 Å². The average Bonchev–Trinajstić information content (AvgIpc) is 2.53. The molecule has 1 atom stereocenters. The highest BCUT2D eigenvalue weighted by molar-refractivity contribution is 5.46. The second-order valence-electron chi connectivity index (χ2n) is 4.62.